The van der Waals surface area contributed by atoms with Crippen LogP contribution in [0.3, 0.4) is 0 Å². The fourth-order valence-electron chi connectivity index (χ4n) is 1.62. The summed E-state index contributed by atoms with van der Waals surface area (Å²) in [5.41, 5.74) is 0. The molecule has 0 spiro atoms. The van der Waals surface area contributed by atoms with E-state index >= 15 is 0 Å². The summed E-state index contributed by atoms with van der Waals surface area (Å²) in [6, 6.07) is -0.0314. The highest BCUT2D eigenvalue weighted by atomic mass is 32.2. The second-order valence-corrected chi connectivity index (χ2v) is 7.15. The molecule has 16 heavy (non-hydrogen) atoms. The number of nitrogens with zero attached hydrogens (tertiary/aromatic N) is 1. The van der Waals surface area contributed by atoms with Crippen LogP contribution in [0.1, 0.15) is 22.6 Å². The molecule has 1 aliphatic carbocycles. The van der Waals surface area contributed by atoms with Crippen molar-refractivity contribution in [2.24, 2.45) is 0 Å². The summed E-state index contributed by atoms with van der Waals surface area (Å²) >= 11 is 1.27. The van der Waals surface area contributed by atoms with E-state index in [2.05, 4.69) is 10.3 Å². The lowest BCUT2D eigenvalue weighted by Crippen LogP contribution is -2.49. The minimum absolute atomic E-state index is 0.0314. The molecule has 1 fully saturated rings. The van der Waals surface area contributed by atoms with Crippen LogP contribution in [-0.2, 0) is 9.84 Å². The predicted molar refractivity (Wildman–Crippen MR) is 61.2 cm³/mol. The van der Waals surface area contributed by atoms with Crippen LogP contribution in [0, 0.1) is 0 Å². The summed E-state index contributed by atoms with van der Waals surface area (Å²) in [6.07, 6.45) is 3.82. The standard InChI is InChI=1S/C9H12N2O3S2/c1-16(13,14)7-4-6(5-7)11-8(12)9-10-2-3-15-9/h2-3,6-7H,4-5H2,1H3,(H,11,12). The summed E-state index contributed by atoms with van der Waals surface area (Å²) in [6.45, 7) is 0. The molecule has 0 saturated heterocycles. The lowest BCUT2D eigenvalue weighted by molar-refractivity contribution is 0.0917. The van der Waals surface area contributed by atoms with Gasteiger partial charge in [-0.2, -0.15) is 0 Å². The largest absolute Gasteiger partial charge is 0.347 e. The number of hydrogen-bond acceptors (Lipinski definition) is 5. The molecule has 2 rings (SSSR count). The molecule has 1 heterocycles. The molecular formula is C9H12N2O3S2. The van der Waals surface area contributed by atoms with Crippen molar-refractivity contribution in [3.05, 3.63) is 16.6 Å². The highest BCUT2D eigenvalue weighted by Crippen LogP contribution is 2.26. The highest BCUT2D eigenvalue weighted by molar-refractivity contribution is 7.91. The van der Waals surface area contributed by atoms with Crippen LogP contribution in [0.25, 0.3) is 0 Å². The van der Waals surface area contributed by atoms with Crippen LogP contribution in [0.5, 0.6) is 0 Å². The van der Waals surface area contributed by atoms with Crippen molar-refractivity contribution < 1.29 is 13.2 Å². The Kier molecular flexibility index (Phi) is 2.98. The van der Waals surface area contributed by atoms with Crippen LogP contribution < -0.4 is 5.32 Å². The Hall–Kier alpha value is -0.950. The molecular weight excluding hydrogens is 248 g/mol. The maximum Gasteiger partial charge on any atom is 0.280 e. The molecule has 0 unspecified atom stereocenters. The van der Waals surface area contributed by atoms with Gasteiger partial charge in [-0.3, -0.25) is 4.79 Å². The monoisotopic (exact) mass is 260 g/mol. The lowest BCUT2D eigenvalue weighted by Gasteiger charge is -2.34. The van der Waals surface area contributed by atoms with E-state index in [4.69, 9.17) is 0 Å². The van der Waals surface area contributed by atoms with Gasteiger partial charge < -0.3 is 5.32 Å². The zero-order valence-electron chi connectivity index (χ0n) is 8.71. The zero-order valence-corrected chi connectivity index (χ0v) is 10.3. The van der Waals surface area contributed by atoms with Gasteiger partial charge in [-0.25, -0.2) is 13.4 Å². The third kappa shape index (κ3) is 2.41. The summed E-state index contributed by atoms with van der Waals surface area (Å²) in [5, 5.41) is 4.62. The molecule has 5 nitrogen and oxygen atoms in total. The molecule has 7 heteroatoms. The van der Waals surface area contributed by atoms with Gasteiger partial charge in [0.25, 0.3) is 5.91 Å². The molecule has 0 bridgehead atoms. The van der Waals surface area contributed by atoms with Crippen LogP contribution in [0.4, 0.5) is 0 Å². The summed E-state index contributed by atoms with van der Waals surface area (Å²) in [4.78, 5) is 15.4. The second-order valence-electron chi connectivity index (χ2n) is 3.93. The summed E-state index contributed by atoms with van der Waals surface area (Å²) in [5.74, 6) is -0.216. The number of aromatic nitrogens is 1. The molecule has 1 amide bonds. The fourth-order valence-corrected chi connectivity index (χ4v) is 3.32. The first-order valence-corrected chi connectivity index (χ1v) is 7.69. The van der Waals surface area contributed by atoms with Gasteiger partial charge in [0.05, 0.1) is 5.25 Å². The normalized spacial score (nSPS) is 24.8. The molecule has 0 atom stereocenters. The third-order valence-corrected chi connectivity index (χ3v) is 5.03. The van der Waals surface area contributed by atoms with Crippen molar-refractivity contribution in [2.75, 3.05) is 6.26 Å². The molecule has 1 aliphatic rings. The van der Waals surface area contributed by atoms with E-state index in [1.807, 2.05) is 0 Å². The third-order valence-electron chi connectivity index (χ3n) is 2.66. The number of sulfone groups is 1. The number of nitrogens with one attached hydrogen (secondary N) is 1. The lowest BCUT2D eigenvalue weighted by atomic mass is 9.92. The maximum atomic E-state index is 11.6. The van der Waals surface area contributed by atoms with E-state index in [1.54, 1.807) is 11.6 Å². The average Bonchev–Trinajstić information content (AvgIpc) is 2.60. The van der Waals surface area contributed by atoms with E-state index in [0.717, 1.165) is 0 Å². The van der Waals surface area contributed by atoms with E-state index in [-0.39, 0.29) is 17.2 Å². The van der Waals surface area contributed by atoms with Crippen molar-refractivity contribution in [2.45, 2.75) is 24.1 Å². The van der Waals surface area contributed by atoms with Crippen molar-refractivity contribution >= 4 is 27.1 Å². The SMILES string of the molecule is CS(=O)(=O)C1CC(NC(=O)c2nccs2)C1. The number of amides is 1. The van der Waals surface area contributed by atoms with Crippen LogP contribution in [0.2, 0.25) is 0 Å². The smallest absolute Gasteiger partial charge is 0.280 e. The fraction of sp³-hybridized carbons (Fsp3) is 0.556. The maximum absolute atomic E-state index is 11.6. The van der Waals surface area contributed by atoms with Gasteiger partial charge in [-0.1, -0.05) is 0 Å². The van der Waals surface area contributed by atoms with Gasteiger partial charge in [-0.15, -0.1) is 11.3 Å². The quantitative estimate of drug-likeness (QED) is 0.856. The first-order valence-electron chi connectivity index (χ1n) is 4.86. The van der Waals surface area contributed by atoms with E-state index < -0.39 is 9.84 Å². The minimum Gasteiger partial charge on any atom is -0.347 e. The van der Waals surface area contributed by atoms with Gasteiger partial charge in [-0.05, 0) is 12.8 Å². The Morgan fingerprint density at radius 3 is 2.75 bits per heavy atom. The van der Waals surface area contributed by atoms with Crippen LogP contribution in [0.15, 0.2) is 11.6 Å². The van der Waals surface area contributed by atoms with Crippen molar-refractivity contribution in [1.29, 1.82) is 0 Å². The molecule has 0 aromatic carbocycles. The molecule has 1 aromatic rings. The van der Waals surface area contributed by atoms with E-state index in [9.17, 15) is 13.2 Å². The number of thiazole rings is 1. The minimum atomic E-state index is -2.95. The van der Waals surface area contributed by atoms with Crippen LogP contribution in [-0.4, -0.2) is 36.9 Å². The first kappa shape index (κ1) is 11.5. The number of hydrogen-bond donors (Lipinski definition) is 1. The Bertz CT molecular complexity index is 475. The van der Waals surface area contributed by atoms with E-state index in [0.29, 0.717) is 17.8 Å². The molecule has 1 aromatic heterocycles. The molecule has 0 radical (unpaired) electrons. The average molecular weight is 260 g/mol. The number of carbonyl (C=O) groups excluding carboxylic acids is 1. The topological polar surface area (TPSA) is 76.1 Å². The van der Waals surface area contributed by atoms with Gasteiger partial charge in [0.2, 0.25) is 0 Å². The highest BCUT2D eigenvalue weighted by Gasteiger charge is 2.37. The molecule has 0 aliphatic heterocycles. The van der Waals surface area contributed by atoms with Gasteiger partial charge in [0.1, 0.15) is 9.84 Å². The Labute approximate surface area is 97.8 Å². The van der Waals surface area contributed by atoms with Gasteiger partial charge in [0.15, 0.2) is 5.01 Å². The second kappa shape index (κ2) is 4.14. The first-order chi connectivity index (χ1) is 7.47. The zero-order chi connectivity index (χ0) is 11.8. The van der Waals surface area contributed by atoms with Crippen molar-refractivity contribution in [3.63, 3.8) is 0 Å². The molecule has 1 N–H and O–H groups in total. The van der Waals surface area contributed by atoms with Crippen molar-refractivity contribution in [3.8, 4) is 0 Å². The summed E-state index contributed by atoms with van der Waals surface area (Å²) < 4.78 is 22.3. The Morgan fingerprint density at radius 1 is 1.56 bits per heavy atom. The Balaban J connectivity index is 1.85. The number of carbonyl (C=O) groups is 1. The Morgan fingerprint density at radius 2 is 2.25 bits per heavy atom. The summed E-state index contributed by atoms with van der Waals surface area (Å²) in [7, 11) is -2.95. The molecule has 88 valence electrons. The number of rotatable bonds is 3. The van der Waals surface area contributed by atoms with E-state index in [1.165, 1.54) is 17.6 Å². The van der Waals surface area contributed by atoms with Crippen LogP contribution >= 0.6 is 11.3 Å². The molecule has 1 saturated carbocycles. The van der Waals surface area contributed by atoms with Gasteiger partial charge in [0, 0.05) is 23.9 Å². The van der Waals surface area contributed by atoms with Crippen molar-refractivity contribution in [1.82, 2.24) is 10.3 Å². The van der Waals surface area contributed by atoms with Gasteiger partial charge >= 0.3 is 0 Å². The predicted octanol–water partition coefficient (Wildman–Crippen LogP) is 0.448.